The van der Waals surface area contributed by atoms with E-state index in [4.69, 9.17) is 14.5 Å². The van der Waals surface area contributed by atoms with Gasteiger partial charge in [-0.25, -0.2) is 0 Å². The number of hydrogen-bond acceptors (Lipinski definition) is 5. The first-order valence-corrected chi connectivity index (χ1v) is 10.6. The molecule has 2 N–H and O–H groups in total. The van der Waals surface area contributed by atoms with Gasteiger partial charge in [0.1, 0.15) is 12.2 Å². The Bertz CT molecular complexity index is 835. The van der Waals surface area contributed by atoms with E-state index in [2.05, 4.69) is 38.4 Å². The van der Waals surface area contributed by atoms with Crippen molar-refractivity contribution in [2.75, 3.05) is 19.9 Å². The first-order chi connectivity index (χ1) is 14.3. The van der Waals surface area contributed by atoms with Crippen molar-refractivity contribution < 1.29 is 9.47 Å². The van der Waals surface area contributed by atoms with Crippen LogP contribution in [0.2, 0.25) is 0 Å². The van der Waals surface area contributed by atoms with Crippen LogP contribution < -0.4 is 20.1 Å². The van der Waals surface area contributed by atoms with Crippen molar-refractivity contribution in [2.45, 2.75) is 58.0 Å². The predicted molar refractivity (Wildman–Crippen MR) is 127 cm³/mol. The lowest BCUT2D eigenvalue weighted by Crippen LogP contribution is -2.43. The maximum Gasteiger partial charge on any atom is 0.231 e. The summed E-state index contributed by atoms with van der Waals surface area (Å²) in [5.41, 5.74) is 1.20. The summed E-state index contributed by atoms with van der Waals surface area (Å²) >= 11 is 0. The third kappa shape index (κ3) is 5.99. The van der Waals surface area contributed by atoms with E-state index in [1.54, 1.807) is 6.33 Å². The molecule has 4 rings (SSSR count). The fraction of sp³-hybridized carbons (Fsp3) is 0.571. The minimum Gasteiger partial charge on any atom is -0.454 e. The quantitative estimate of drug-likeness (QED) is 0.313. The van der Waals surface area contributed by atoms with Gasteiger partial charge in [0.25, 0.3) is 0 Å². The third-order valence-electron chi connectivity index (χ3n) is 5.46. The van der Waals surface area contributed by atoms with Crippen LogP contribution in [0.25, 0.3) is 0 Å². The number of aryl methyl sites for hydroxylation is 1. The molecule has 1 fully saturated rings. The highest BCUT2D eigenvalue weighted by Crippen LogP contribution is 2.32. The first kappa shape index (κ1) is 22.6. The molecule has 9 heteroatoms. The van der Waals surface area contributed by atoms with Gasteiger partial charge < -0.3 is 24.7 Å². The summed E-state index contributed by atoms with van der Waals surface area (Å²) in [6, 6.07) is 6.63. The first-order valence-electron chi connectivity index (χ1n) is 10.6. The molecule has 2 aliphatic rings. The van der Waals surface area contributed by atoms with E-state index in [0.717, 1.165) is 49.2 Å². The maximum absolute atomic E-state index is 5.47. The number of aromatic nitrogens is 3. The zero-order valence-electron chi connectivity index (χ0n) is 17.5. The summed E-state index contributed by atoms with van der Waals surface area (Å²) in [6.07, 6.45) is 8.56. The average molecular weight is 526 g/mol. The highest BCUT2D eigenvalue weighted by molar-refractivity contribution is 14.0. The largest absolute Gasteiger partial charge is 0.454 e. The molecule has 0 amide bonds. The van der Waals surface area contributed by atoms with E-state index in [0.29, 0.717) is 19.4 Å². The molecule has 0 radical (unpaired) electrons. The van der Waals surface area contributed by atoms with E-state index in [1.807, 2.05) is 12.1 Å². The van der Waals surface area contributed by atoms with Crippen LogP contribution in [-0.2, 0) is 19.4 Å². The van der Waals surface area contributed by atoms with E-state index in [9.17, 15) is 0 Å². The van der Waals surface area contributed by atoms with Crippen molar-refractivity contribution in [3.63, 3.8) is 0 Å². The van der Waals surface area contributed by atoms with E-state index in [1.165, 1.54) is 31.2 Å². The number of fused-ring (bicyclic) bond motifs is 1. The fourth-order valence-corrected chi connectivity index (χ4v) is 3.84. The molecule has 1 aliphatic heterocycles. The van der Waals surface area contributed by atoms with Crippen molar-refractivity contribution in [2.24, 2.45) is 4.99 Å². The number of nitrogens with one attached hydrogen (secondary N) is 2. The van der Waals surface area contributed by atoms with Crippen LogP contribution in [0.5, 0.6) is 11.5 Å². The molecule has 1 saturated carbocycles. The molecular formula is C21H31IN6O2. The minimum atomic E-state index is 0. The van der Waals surface area contributed by atoms with Crippen molar-refractivity contribution >= 4 is 29.9 Å². The van der Waals surface area contributed by atoms with E-state index >= 15 is 0 Å². The molecule has 0 saturated heterocycles. The number of ether oxygens (including phenoxy) is 2. The lowest BCUT2D eigenvalue weighted by molar-refractivity contribution is 0.174. The second-order valence-corrected chi connectivity index (χ2v) is 7.51. The van der Waals surface area contributed by atoms with Crippen LogP contribution in [0.15, 0.2) is 29.5 Å². The molecule has 1 aliphatic carbocycles. The van der Waals surface area contributed by atoms with Gasteiger partial charge in [-0.1, -0.05) is 25.8 Å². The lowest BCUT2D eigenvalue weighted by atomic mass is 10.1. The summed E-state index contributed by atoms with van der Waals surface area (Å²) in [6.45, 7) is 4.73. The molecule has 0 unspecified atom stereocenters. The van der Waals surface area contributed by atoms with Crippen molar-refractivity contribution in [3.8, 4) is 11.5 Å². The average Bonchev–Trinajstić information content (AvgIpc) is 3.49. The second-order valence-electron chi connectivity index (χ2n) is 7.51. The predicted octanol–water partition coefficient (Wildman–Crippen LogP) is 2.91. The molecule has 2 aromatic rings. The van der Waals surface area contributed by atoms with Crippen molar-refractivity contribution in [3.05, 3.63) is 35.9 Å². The van der Waals surface area contributed by atoms with Crippen LogP contribution in [0, 0.1) is 0 Å². The minimum absolute atomic E-state index is 0. The highest BCUT2D eigenvalue weighted by Gasteiger charge is 2.16. The molecule has 2 heterocycles. The van der Waals surface area contributed by atoms with Gasteiger partial charge in [0.05, 0.1) is 0 Å². The zero-order valence-corrected chi connectivity index (χ0v) is 19.8. The Morgan fingerprint density at radius 2 is 2.07 bits per heavy atom. The zero-order chi connectivity index (χ0) is 19.9. The number of guanidine groups is 1. The van der Waals surface area contributed by atoms with Crippen LogP contribution in [-0.4, -0.2) is 46.6 Å². The van der Waals surface area contributed by atoms with Crippen LogP contribution >= 0.6 is 24.0 Å². The Kier molecular flexibility index (Phi) is 8.59. The van der Waals surface area contributed by atoms with Crippen LogP contribution in [0.4, 0.5) is 0 Å². The van der Waals surface area contributed by atoms with Gasteiger partial charge in [-0.15, -0.1) is 34.2 Å². The molecule has 0 bridgehead atoms. The number of benzene rings is 1. The van der Waals surface area contributed by atoms with Crippen LogP contribution in [0.1, 0.15) is 44.0 Å². The van der Waals surface area contributed by atoms with Gasteiger partial charge in [-0.05, 0) is 37.0 Å². The van der Waals surface area contributed by atoms with Gasteiger partial charge >= 0.3 is 0 Å². The summed E-state index contributed by atoms with van der Waals surface area (Å²) in [5.74, 6) is 3.55. The molecular weight excluding hydrogens is 495 g/mol. The highest BCUT2D eigenvalue weighted by atomic mass is 127. The molecule has 8 nitrogen and oxygen atoms in total. The number of nitrogens with zero attached hydrogens (tertiary/aromatic N) is 4. The van der Waals surface area contributed by atoms with Crippen molar-refractivity contribution in [1.29, 1.82) is 0 Å². The Labute approximate surface area is 194 Å². The molecule has 0 atom stereocenters. The van der Waals surface area contributed by atoms with Gasteiger partial charge in [-0.3, -0.25) is 4.99 Å². The van der Waals surface area contributed by atoms with Crippen LogP contribution in [0.3, 0.4) is 0 Å². The number of rotatable bonds is 8. The molecule has 30 heavy (non-hydrogen) atoms. The number of halogens is 1. The Balaban J connectivity index is 0.00000256. The fourth-order valence-electron chi connectivity index (χ4n) is 3.84. The van der Waals surface area contributed by atoms with Gasteiger partial charge in [0.15, 0.2) is 17.5 Å². The van der Waals surface area contributed by atoms with Gasteiger partial charge in [0, 0.05) is 32.1 Å². The summed E-state index contributed by atoms with van der Waals surface area (Å²) < 4.78 is 12.9. The van der Waals surface area contributed by atoms with E-state index in [-0.39, 0.29) is 24.0 Å². The topological polar surface area (TPSA) is 85.6 Å². The standard InChI is InChI=1S/C21H30N6O2.HI/c1-2-20-26-24-14-27(20)12-11-23-21(25-17-5-3-4-6-17)22-10-9-16-7-8-18-19(13-16)29-15-28-18;/h7-8,13-14,17H,2-6,9-12,15H2,1H3,(H2,22,23,25);1H. The van der Waals surface area contributed by atoms with Gasteiger partial charge in [-0.2, -0.15) is 0 Å². The maximum atomic E-state index is 5.47. The van der Waals surface area contributed by atoms with E-state index < -0.39 is 0 Å². The Morgan fingerprint density at radius 1 is 1.23 bits per heavy atom. The Morgan fingerprint density at radius 3 is 2.90 bits per heavy atom. The smallest absolute Gasteiger partial charge is 0.231 e. The summed E-state index contributed by atoms with van der Waals surface area (Å²) in [7, 11) is 0. The van der Waals surface area contributed by atoms with Crippen molar-refractivity contribution in [1.82, 2.24) is 25.4 Å². The molecule has 0 spiro atoms. The molecule has 164 valence electrons. The number of hydrogen-bond donors (Lipinski definition) is 2. The van der Waals surface area contributed by atoms with Gasteiger partial charge in [0.2, 0.25) is 6.79 Å². The lowest BCUT2D eigenvalue weighted by Gasteiger charge is -2.18. The molecule has 1 aromatic heterocycles. The monoisotopic (exact) mass is 526 g/mol. The number of aliphatic imine (C=N–C) groups is 1. The normalized spacial score (nSPS) is 15.8. The Hall–Kier alpha value is -2.04. The summed E-state index contributed by atoms with van der Waals surface area (Å²) in [4.78, 5) is 4.82. The second kappa shape index (κ2) is 11.4. The SMILES string of the molecule is CCc1nncn1CCNC(=NCCc1ccc2c(c1)OCO2)NC1CCCC1.I. The third-order valence-corrected chi connectivity index (χ3v) is 5.46. The molecule has 1 aromatic carbocycles. The summed E-state index contributed by atoms with van der Waals surface area (Å²) in [5, 5.41) is 15.2.